The van der Waals surface area contributed by atoms with Crippen molar-refractivity contribution >= 4 is 0 Å². The van der Waals surface area contributed by atoms with E-state index < -0.39 is 0 Å². The largest absolute Gasteiger partial charge is 0.483 e. The topological polar surface area (TPSA) is 35.2 Å². The first kappa shape index (κ1) is 10.7. The van der Waals surface area contributed by atoms with Gasteiger partial charge in [-0.3, -0.25) is 0 Å². The van der Waals surface area contributed by atoms with Crippen LogP contribution in [0.4, 0.5) is 4.39 Å². The van der Waals surface area contributed by atoms with Crippen molar-refractivity contribution in [3.8, 4) is 5.75 Å². The van der Waals surface area contributed by atoms with Crippen LogP contribution < -0.4 is 10.5 Å². The molecule has 84 valence electrons. The van der Waals surface area contributed by atoms with Gasteiger partial charge in [-0.15, -0.1) is 0 Å². The first-order chi connectivity index (χ1) is 7.66. The summed E-state index contributed by atoms with van der Waals surface area (Å²) in [5, 5.41) is 0. The lowest BCUT2D eigenvalue weighted by atomic mass is 10.0. The third-order valence-electron chi connectivity index (χ3n) is 2.58. The minimum absolute atomic E-state index is 0.135. The summed E-state index contributed by atoms with van der Waals surface area (Å²) in [4.78, 5) is 0. The van der Waals surface area contributed by atoms with Gasteiger partial charge in [-0.1, -0.05) is 18.2 Å². The van der Waals surface area contributed by atoms with Crippen molar-refractivity contribution < 1.29 is 9.13 Å². The van der Waals surface area contributed by atoms with Crippen molar-refractivity contribution in [2.45, 2.75) is 19.4 Å². The van der Waals surface area contributed by atoms with Crippen LogP contribution in [0.3, 0.4) is 0 Å². The fraction of sp³-hybridized carbons (Fsp3) is 0.231. The summed E-state index contributed by atoms with van der Waals surface area (Å²) in [5.74, 6) is -0.0542. The zero-order chi connectivity index (χ0) is 11.5. The second kappa shape index (κ2) is 4.39. The summed E-state index contributed by atoms with van der Waals surface area (Å²) in [6.45, 7) is 1.92. The smallest absolute Gasteiger partial charge is 0.165 e. The van der Waals surface area contributed by atoms with Crippen LogP contribution in [-0.2, 0) is 0 Å². The van der Waals surface area contributed by atoms with Crippen molar-refractivity contribution in [2.75, 3.05) is 0 Å². The van der Waals surface area contributed by atoms with E-state index in [4.69, 9.17) is 10.5 Å². The molecule has 0 amide bonds. The molecule has 0 spiro atoms. The van der Waals surface area contributed by atoms with E-state index in [9.17, 15) is 4.39 Å². The summed E-state index contributed by atoms with van der Waals surface area (Å²) >= 11 is 0. The predicted molar refractivity (Wildman–Crippen MR) is 61.5 cm³/mol. The fourth-order valence-electron chi connectivity index (χ4n) is 1.63. The highest BCUT2D eigenvalue weighted by molar-refractivity contribution is 5.32. The Balaban J connectivity index is 2.11. The van der Waals surface area contributed by atoms with E-state index in [1.807, 2.05) is 19.1 Å². The molecule has 0 aromatic heterocycles. The molecule has 0 bridgehead atoms. The molecule has 2 rings (SSSR count). The number of hydrogen-bond donors (Lipinski definition) is 1. The van der Waals surface area contributed by atoms with E-state index in [-0.39, 0.29) is 17.7 Å². The minimum Gasteiger partial charge on any atom is -0.483 e. The van der Waals surface area contributed by atoms with E-state index in [0.29, 0.717) is 6.42 Å². The van der Waals surface area contributed by atoms with Gasteiger partial charge in [0.05, 0.1) is 0 Å². The van der Waals surface area contributed by atoms with E-state index in [2.05, 4.69) is 0 Å². The first-order valence-electron chi connectivity index (χ1n) is 5.22. The maximum Gasteiger partial charge on any atom is 0.165 e. The number of nitrogens with two attached hydrogens (primary N) is 1. The fourth-order valence-corrected chi connectivity index (χ4v) is 1.63. The van der Waals surface area contributed by atoms with Gasteiger partial charge in [0, 0.05) is 12.1 Å². The Kier molecular flexibility index (Phi) is 2.95. The Morgan fingerprint density at radius 3 is 2.81 bits per heavy atom. The lowest BCUT2D eigenvalue weighted by Gasteiger charge is -2.19. The summed E-state index contributed by atoms with van der Waals surface area (Å²) < 4.78 is 18.9. The van der Waals surface area contributed by atoms with Gasteiger partial charge in [0.15, 0.2) is 11.6 Å². The number of para-hydroxylation sites is 1. The highest BCUT2D eigenvalue weighted by Gasteiger charge is 2.14. The Morgan fingerprint density at radius 1 is 1.38 bits per heavy atom. The van der Waals surface area contributed by atoms with Gasteiger partial charge < -0.3 is 10.5 Å². The lowest BCUT2D eigenvalue weighted by molar-refractivity contribution is 0.238. The van der Waals surface area contributed by atoms with Crippen LogP contribution in [-0.4, -0.2) is 6.10 Å². The van der Waals surface area contributed by atoms with E-state index in [0.717, 1.165) is 11.3 Å². The lowest BCUT2D eigenvalue weighted by Crippen LogP contribution is -2.19. The summed E-state index contributed by atoms with van der Waals surface area (Å²) in [6.07, 6.45) is 4.37. The number of benzene rings is 1. The molecule has 0 fully saturated rings. The van der Waals surface area contributed by atoms with Crippen LogP contribution in [0, 0.1) is 5.82 Å². The SMILES string of the molecule is CC1=CC(Oc2ccccc2F)CC=C1N. The maximum absolute atomic E-state index is 13.3. The third-order valence-corrected chi connectivity index (χ3v) is 2.58. The van der Waals surface area contributed by atoms with Crippen LogP contribution in [0.25, 0.3) is 0 Å². The highest BCUT2D eigenvalue weighted by Crippen LogP contribution is 2.22. The van der Waals surface area contributed by atoms with Crippen LogP contribution >= 0.6 is 0 Å². The van der Waals surface area contributed by atoms with Gasteiger partial charge in [0.25, 0.3) is 0 Å². The van der Waals surface area contributed by atoms with Crippen molar-refractivity contribution in [3.63, 3.8) is 0 Å². The molecular formula is C13H14FNO. The molecule has 0 aliphatic heterocycles. The molecule has 2 nitrogen and oxygen atoms in total. The maximum atomic E-state index is 13.3. The monoisotopic (exact) mass is 219 g/mol. The Labute approximate surface area is 94.2 Å². The van der Waals surface area contributed by atoms with E-state index >= 15 is 0 Å². The standard InChI is InChI=1S/C13H14FNO/c1-9-8-10(6-7-12(9)15)16-13-5-3-2-4-11(13)14/h2-5,7-8,10H,6,15H2,1H3. The molecule has 1 atom stereocenters. The molecule has 1 aliphatic rings. The van der Waals surface area contributed by atoms with Crippen molar-refractivity contribution in [1.82, 2.24) is 0 Å². The number of ether oxygens (including phenoxy) is 1. The van der Waals surface area contributed by atoms with Gasteiger partial charge in [0.1, 0.15) is 6.10 Å². The van der Waals surface area contributed by atoms with Crippen LogP contribution in [0.2, 0.25) is 0 Å². The highest BCUT2D eigenvalue weighted by atomic mass is 19.1. The summed E-state index contributed by atoms with van der Waals surface area (Å²) in [5.41, 5.74) is 7.48. The molecule has 3 heteroatoms. The zero-order valence-corrected chi connectivity index (χ0v) is 9.11. The normalized spacial score (nSPS) is 20.0. The minimum atomic E-state index is -0.337. The predicted octanol–water partition coefficient (Wildman–Crippen LogP) is 2.77. The number of allylic oxidation sites excluding steroid dienone is 1. The van der Waals surface area contributed by atoms with Crippen LogP contribution in [0.5, 0.6) is 5.75 Å². The van der Waals surface area contributed by atoms with Gasteiger partial charge in [0.2, 0.25) is 0 Å². The second-order valence-corrected chi connectivity index (χ2v) is 3.83. The molecule has 0 saturated carbocycles. The van der Waals surface area contributed by atoms with Gasteiger partial charge in [-0.25, -0.2) is 4.39 Å². The molecule has 16 heavy (non-hydrogen) atoms. The molecule has 0 heterocycles. The molecule has 1 aromatic carbocycles. The number of rotatable bonds is 2. The Hall–Kier alpha value is -1.77. The quantitative estimate of drug-likeness (QED) is 0.830. The Bertz CT molecular complexity index is 451. The van der Waals surface area contributed by atoms with Crippen LogP contribution in [0.1, 0.15) is 13.3 Å². The Morgan fingerprint density at radius 2 is 2.12 bits per heavy atom. The molecule has 1 unspecified atom stereocenters. The summed E-state index contributed by atoms with van der Waals surface area (Å²) in [6, 6.07) is 6.41. The first-order valence-corrected chi connectivity index (χ1v) is 5.22. The van der Waals surface area contributed by atoms with Gasteiger partial charge >= 0.3 is 0 Å². The zero-order valence-electron chi connectivity index (χ0n) is 9.11. The molecular weight excluding hydrogens is 205 g/mol. The van der Waals surface area contributed by atoms with E-state index in [1.54, 1.807) is 18.2 Å². The average molecular weight is 219 g/mol. The molecule has 1 aliphatic carbocycles. The number of hydrogen-bond acceptors (Lipinski definition) is 2. The summed E-state index contributed by atoms with van der Waals surface area (Å²) in [7, 11) is 0. The third kappa shape index (κ3) is 2.24. The van der Waals surface area contributed by atoms with Crippen molar-refractivity contribution in [3.05, 3.63) is 53.5 Å². The average Bonchev–Trinajstić information content (AvgIpc) is 2.27. The van der Waals surface area contributed by atoms with Crippen molar-refractivity contribution in [2.24, 2.45) is 5.73 Å². The molecule has 0 radical (unpaired) electrons. The number of halogens is 1. The van der Waals surface area contributed by atoms with Crippen molar-refractivity contribution in [1.29, 1.82) is 0 Å². The molecule has 1 aromatic rings. The second-order valence-electron chi connectivity index (χ2n) is 3.83. The van der Waals surface area contributed by atoms with Gasteiger partial charge in [-0.2, -0.15) is 0 Å². The van der Waals surface area contributed by atoms with E-state index in [1.165, 1.54) is 6.07 Å². The molecule has 2 N–H and O–H groups in total. The molecule has 0 saturated heterocycles. The van der Waals surface area contributed by atoms with Gasteiger partial charge in [-0.05, 0) is 30.7 Å². The van der Waals surface area contributed by atoms with Crippen LogP contribution in [0.15, 0.2) is 47.7 Å².